The second-order valence-electron chi connectivity index (χ2n) is 4.06. The Kier molecular flexibility index (Phi) is 4.90. The van der Waals surface area contributed by atoms with E-state index in [0.717, 1.165) is 0 Å². The van der Waals surface area contributed by atoms with Crippen LogP contribution in [0, 0.1) is 0 Å². The number of ketones is 1. The molecule has 0 aliphatic carbocycles. The van der Waals surface area contributed by atoms with E-state index in [0.29, 0.717) is 11.3 Å². The van der Waals surface area contributed by atoms with Gasteiger partial charge in [-0.1, -0.05) is 30.3 Å². The molecule has 2 rings (SSSR count). The van der Waals surface area contributed by atoms with Gasteiger partial charge < -0.3 is 4.74 Å². The highest BCUT2D eigenvalue weighted by Gasteiger charge is 2.22. The third-order valence-electron chi connectivity index (χ3n) is 2.76. The molecule has 1 heterocycles. The first-order valence-corrected chi connectivity index (χ1v) is 6.70. The quantitative estimate of drug-likeness (QED) is 0.300. The van der Waals surface area contributed by atoms with Crippen LogP contribution >= 0.6 is 12.6 Å². The van der Waals surface area contributed by atoms with Gasteiger partial charge in [-0.2, -0.15) is 4.57 Å². The van der Waals surface area contributed by atoms with Gasteiger partial charge in [-0.25, -0.2) is 4.79 Å². The summed E-state index contributed by atoms with van der Waals surface area (Å²) in [6.45, 7) is 0.0852. The number of esters is 1. The van der Waals surface area contributed by atoms with E-state index in [1.54, 1.807) is 53.2 Å². The van der Waals surface area contributed by atoms with Crippen molar-refractivity contribution < 1.29 is 18.9 Å². The highest BCUT2D eigenvalue weighted by Crippen LogP contribution is 2.02. The van der Waals surface area contributed by atoms with Crippen molar-refractivity contribution in [1.82, 2.24) is 0 Å². The molecule has 0 spiro atoms. The number of rotatable bonds is 5. The number of carbonyl (C=O) groups is 2. The van der Waals surface area contributed by atoms with Gasteiger partial charge >= 0.3 is 5.97 Å². The molecule has 0 unspecified atom stereocenters. The number of Topliss-reactive ketones (excluding diaryl/α,β-unsaturated/α-hetero) is 1. The van der Waals surface area contributed by atoms with E-state index >= 15 is 0 Å². The molecular weight excluding hydrogens is 274 g/mol. The van der Waals surface area contributed by atoms with Crippen LogP contribution in [0.3, 0.4) is 0 Å². The largest absolute Gasteiger partial charge is 0.447 e. The fourth-order valence-electron chi connectivity index (χ4n) is 1.80. The van der Waals surface area contributed by atoms with Crippen molar-refractivity contribution in [3.8, 4) is 0 Å². The number of hydrogen-bond donors (Lipinski definition) is 1. The normalized spacial score (nSPS) is 10.1. The average Bonchev–Trinajstić information content (AvgIpc) is 2.49. The molecule has 5 heteroatoms. The summed E-state index contributed by atoms with van der Waals surface area (Å²) in [6.07, 6.45) is 1.68. The first-order chi connectivity index (χ1) is 9.72. The third-order valence-corrected chi connectivity index (χ3v) is 2.88. The Labute approximate surface area is 122 Å². The minimum atomic E-state index is -0.499. The summed E-state index contributed by atoms with van der Waals surface area (Å²) in [5.74, 6) is -0.566. The lowest BCUT2D eigenvalue weighted by molar-refractivity contribution is -0.685. The molecule has 0 radical (unpaired) electrons. The molecule has 4 nitrogen and oxygen atoms in total. The molecule has 20 heavy (non-hydrogen) atoms. The maximum atomic E-state index is 12.2. The van der Waals surface area contributed by atoms with E-state index in [1.807, 2.05) is 6.07 Å². The number of ether oxygens (including phenoxy) is 1. The molecular formula is C15H14NO3S+. The second kappa shape index (κ2) is 6.86. The molecule has 0 N–H and O–H groups in total. The molecule has 0 bridgehead atoms. The Morgan fingerprint density at radius 1 is 1.05 bits per heavy atom. The van der Waals surface area contributed by atoms with Crippen LogP contribution in [-0.4, -0.2) is 17.7 Å². The minimum absolute atomic E-state index is 0.000356. The summed E-state index contributed by atoms with van der Waals surface area (Å²) in [6, 6.07) is 14.0. The molecule has 1 aromatic carbocycles. The molecule has 0 amide bonds. The Bertz CT molecular complexity index is 614. The summed E-state index contributed by atoms with van der Waals surface area (Å²) in [7, 11) is 0. The average molecular weight is 288 g/mol. The third kappa shape index (κ3) is 3.45. The molecule has 102 valence electrons. The van der Waals surface area contributed by atoms with Gasteiger partial charge in [-0.3, -0.25) is 4.79 Å². The number of nitrogens with zero attached hydrogens (tertiary/aromatic N) is 1. The van der Waals surface area contributed by atoms with Crippen molar-refractivity contribution in [3.05, 3.63) is 66.0 Å². The molecule has 0 aliphatic heterocycles. The zero-order chi connectivity index (χ0) is 14.4. The fourth-order valence-corrected chi connectivity index (χ4v) is 1.92. The molecule has 0 fully saturated rings. The molecule has 0 saturated heterocycles. The highest BCUT2D eigenvalue weighted by molar-refractivity contribution is 7.80. The second-order valence-corrected chi connectivity index (χ2v) is 4.32. The number of pyridine rings is 1. The molecule has 1 aromatic heterocycles. The number of aromatic nitrogens is 1. The standard InChI is InChI=1S/C15H13NO3S/c17-14(12-6-2-1-3-7-12)10-16-9-5-4-8-13(16)15(18)19-11-20/h1-9H,10-11H2/p+1. The minimum Gasteiger partial charge on any atom is -0.447 e. The van der Waals surface area contributed by atoms with Gasteiger partial charge in [0.1, 0.15) is 5.94 Å². The van der Waals surface area contributed by atoms with Gasteiger partial charge in [0.25, 0.3) is 5.69 Å². The van der Waals surface area contributed by atoms with Crippen molar-refractivity contribution in [1.29, 1.82) is 0 Å². The van der Waals surface area contributed by atoms with Gasteiger partial charge in [-0.15, -0.1) is 12.6 Å². The summed E-state index contributed by atoms with van der Waals surface area (Å²) in [4.78, 5) is 23.9. The summed E-state index contributed by atoms with van der Waals surface area (Å²) < 4.78 is 6.42. The summed E-state index contributed by atoms with van der Waals surface area (Å²) >= 11 is 3.85. The number of thiol groups is 1. The predicted molar refractivity (Wildman–Crippen MR) is 76.7 cm³/mol. The van der Waals surface area contributed by atoms with Crippen molar-refractivity contribution in [2.45, 2.75) is 6.54 Å². The van der Waals surface area contributed by atoms with Gasteiger partial charge in [-0.05, 0) is 6.07 Å². The summed E-state index contributed by atoms with van der Waals surface area (Å²) in [5.41, 5.74) is 0.934. The lowest BCUT2D eigenvalue weighted by Gasteiger charge is -2.03. The van der Waals surface area contributed by atoms with Gasteiger partial charge in [0.15, 0.2) is 6.20 Å². The van der Waals surface area contributed by atoms with E-state index in [9.17, 15) is 9.59 Å². The zero-order valence-corrected chi connectivity index (χ0v) is 11.6. The van der Waals surface area contributed by atoms with Crippen LogP contribution in [0.25, 0.3) is 0 Å². The van der Waals surface area contributed by atoms with Crippen LogP contribution in [0.1, 0.15) is 20.8 Å². The first-order valence-electron chi connectivity index (χ1n) is 6.07. The van der Waals surface area contributed by atoms with Crippen molar-refractivity contribution >= 4 is 24.4 Å². The molecule has 0 aliphatic rings. The van der Waals surface area contributed by atoms with Crippen LogP contribution in [-0.2, 0) is 11.3 Å². The Morgan fingerprint density at radius 3 is 2.45 bits per heavy atom. The molecule has 0 saturated carbocycles. The smallest absolute Gasteiger partial charge is 0.404 e. The summed E-state index contributed by atoms with van der Waals surface area (Å²) in [5, 5.41) is 0. The fraction of sp³-hybridized carbons (Fsp3) is 0.133. The number of benzene rings is 1. The van der Waals surface area contributed by atoms with Crippen molar-refractivity contribution in [2.24, 2.45) is 0 Å². The van der Waals surface area contributed by atoms with Crippen molar-refractivity contribution in [2.75, 3.05) is 5.94 Å². The van der Waals surface area contributed by atoms with Crippen molar-refractivity contribution in [3.63, 3.8) is 0 Å². The van der Waals surface area contributed by atoms with Crippen LogP contribution in [0.5, 0.6) is 0 Å². The molecule has 0 atom stereocenters. The Balaban J connectivity index is 2.21. The van der Waals surface area contributed by atoms with E-state index in [4.69, 9.17) is 4.74 Å². The lowest BCUT2D eigenvalue weighted by Crippen LogP contribution is -2.43. The first kappa shape index (κ1) is 14.3. The van der Waals surface area contributed by atoms with E-state index in [1.165, 1.54) is 0 Å². The zero-order valence-electron chi connectivity index (χ0n) is 10.7. The van der Waals surface area contributed by atoms with Gasteiger partial charge in [0.2, 0.25) is 12.3 Å². The maximum absolute atomic E-state index is 12.2. The van der Waals surface area contributed by atoms with E-state index in [2.05, 4.69) is 12.6 Å². The Hall–Kier alpha value is -2.14. The SMILES string of the molecule is O=C(C[n+]1ccccc1C(=O)OCS)c1ccccc1. The monoisotopic (exact) mass is 288 g/mol. The van der Waals surface area contributed by atoms with Gasteiger partial charge in [0.05, 0.1) is 0 Å². The topological polar surface area (TPSA) is 47.2 Å². The molecule has 2 aromatic rings. The highest BCUT2D eigenvalue weighted by atomic mass is 32.1. The van der Waals surface area contributed by atoms with Crippen LogP contribution in [0.2, 0.25) is 0 Å². The lowest BCUT2D eigenvalue weighted by atomic mass is 10.1. The predicted octanol–water partition coefficient (Wildman–Crippen LogP) is 1.90. The van der Waals surface area contributed by atoms with Gasteiger partial charge in [0, 0.05) is 17.7 Å². The van der Waals surface area contributed by atoms with E-state index < -0.39 is 5.97 Å². The number of carbonyl (C=O) groups excluding carboxylic acids is 2. The maximum Gasteiger partial charge on any atom is 0.404 e. The van der Waals surface area contributed by atoms with Crippen LogP contribution < -0.4 is 4.57 Å². The Morgan fingerprint density at radius 2 is 1.75 bits per heavy atom. The van der Waals surface area contributed by atoms with Crippen LogP contribution in [0.15, 0.2) is 54.7 Å². The number of hydrogen-bond acceptors (Lipinski definition) is 4. The van der Waals surface area contributed by atoms with Crippen LogP contribution in [0.4, 0.5) is 0 Å². The van der Waals surface area contributed by atoms with E-state index in [-0.39, 0.29) is 18.3 Å².